The fourth-order valence-electron chi connectivity index (χ4n) is 0.517. The molecule has 0 unspecified atom stereocenters. The van der Waals surface area contributed by atoms with Crippen molar-refractivity contribution in [3.63, 3.8) is 0 Å². The molecule has 0 radical (unpaired) electrons. The molecule has 0 heterocycles. The SMILES string of the molecule is C#CC(=O)OC(=O)NCCCC. The summed E-state index contributed by atoms with van der Waals surface area (Å²) in [6, 6.07) is 0. The molecule has 66 valence electrons. The van der Waals surface area contributed by atoms with Crippen LogP contribution in [0.2, 0.25) is 0 Å². The minimum absolute atomic E-state index is 0.493. The molecule has 0 aliphatic heterocycles. The smallest absolute Gasteiger partial charge is 0.366 e. The van der Waals surface area contributed by atoms with Crippen LogP contribution in [0.5, 0.6) is 0 Å². The van der Waals surface area contributed by atoms with E-state index in [9.17, 15) is 9.59 Å². The zero-order chi connectivity index (χ0) is 9.40. The quantitative estimate of drug-likeness (QED) is 0.222. The van der Waals surface area contributed by atoms with E-state index in [4.69, 9.17) is 0 Å². The Kier molecular flexibility index (Phi) is 5.45. The monoisotopic (exact) mass is 169 g/mol. The predicted octanol–water partition coefficient (Wildman–Crippen LogP) is 0.673. The van der Waals surface area contributed by atoms with Gasteiger partial charge in [-0.25, -0.2) is 9.59 Å². The summed E-state index contributed by atoms with van der Waals surface area (Å²) in [5.41, 5.74) is 0. The molecule has 0 aliphatic carbocycles. The van der Waals surface area contributed by atoms with Crippen LogP contribution in [-0.2, 0) is 9.53 Å². The third kappa shape index (κ3) is 5.30. The van der Waals surface area contributed by atoms with Gasteiger partial charge in [0.25, 0.3) is 0 Å². The largest absolute Gasteiger partial charge is 0.415 e. The Morgan fingerprint density at radius 1 is 1.58 bits per heavy atom. The summed E-state index contributed by atoms with van der Waals surface area (Å²) >= 11 is 0. The van der Waals surface area contributed by atoms with Crippen LogP contribution in [0.3, 0.4) is 0 Å². The highest BCUT2D eigenvalue weighted by atomic mass is 16.6. The molecule has 0 fully saturated rings. The molecule has 0 spiro atoms. The fourth-order valence-corrected chi connectivity index (χ4v) is 0.517. The Balaban J connectivity index is 3.48. The molecule has 0 saturated carbocycles. The molecule has 0 bridgehead atoms. The molecule has 0 aliphatic rings. The molecule has 0 aromatic heterocycles. The van der Waals surface area contributed by atoms with Gasteiger partial charge < -0.3 is 10.1 Å². The van der Waals surface area contributed by atoms with Gasteiger partial charge in [-0.3, -0.25) is 0 Å². The van der Waals surface area contributed by atoms with Crippen LogP contribution >= 0.6 is 0 Å². The second-order valence-electron chi connectivity index (χ2n) is 2.10. The Labute approximate surface area is 71.3 Å². The Morgan fingerprint density at radius 3 is 2.75 bits per heavy atom. The van der Waals surface area contributed by atoms with Crippen molar-refractivity contribution in [2.45, 2.75) is 19.8 Å². The lowest BCUT2D eigenvalue weighted by Gasteiger charge is -2.00. The lowest BCUT2D eigenvalue weighted by Crippen LogP contribution is -2.27. The summed E-state index contributed by atoms with van der Waals surface area (Å²) in [7, 11) is 0. The van der Waals surface area contributed by atoms with Crippen LogP contribution in [0, 0.1) is 12.3 Å². The number of ether oxygens (including phenoxy) is 1. The molecule has 0 aromatic carbocycles. The van der Waals surface area contributed by atoms with Gasteiger partial charge in [-0.2, -0.15) is 0 Å². The Hall–Kier alpha value is -1.50. The van der Waals surface area contributed by atoms with Gasteiger partial charge in [0, 0.05) is 12.5 Å². The van der Waals surface area contributed by atoms with Crippen molar-refractivity contribution in [2.24, 2.45) is 0 Å². The zero-order valence-corrected chi connectivity index (χ0v) is 6.92. The minimum atomic E-state index is -0.969. The maximum absolute atomic E-state index is 10.6. The Morgan fingerprint density at radius 2 is 2.25 bits per heavy atom. The van der Waals surface area contributed by atoms with Crippen molar-refractivity contribution < 1.29 is 14.3 Å². The molecule has 4 heteroatoms. The lowest BCUT2D eigenvalue weighted by molar-refractivity contribution is -0.130. The first-order valence-corrected chi connectivity index (χ1v) is 3.67. The molecule has 0 atom stereocenters. The summed E-state index contributed by atoms with van der Waals surface area (Å²) in [6.45, 7) is 2.48. The molecule has 0 aromatic rings. The number of carbonyl (C=O) groups is 2. The summed E-state index contributed by atoms with van der Waals surface area (Å²) in [5, 5.41) is 2.37. The first kappa shape index (κ1) is 10.5. The second-order valence-corrected chi connectivity index (χ2v) is 2.10. The van der Waals surface area contributed by atoms with Gasteiger partial charge in [0.1, 0.15) is 0 Å². The van der Waals surface area contributed by atoms with Crippen LogP contribution in [0.4, 0.5) is 4.79 Å². The van der Waals surface area contributed by atoms with Crippen molar-refractivity contribution in [3.05, 3.63) is 0 Å². The molecule has 1 N–H and O–H groups in total. The van der Waals surface area contributed by atoms with Gasteiger partial charge in [0.15, 0.2) is 0 Å². The van der Waals surface area contributed by atoms with Crippen LogP contribution in [0.15, 0.2) is 0 Å². The summed E-state index contributed by atoms with van der Waals surface area (Å²) in [4.78, 5) is 21.0. The number of carbonyl (C=O) groups excluding carboxylic acids is 2. The van der Waals surface area contributed by atoms with E-state index in [1.807, 2.05) is 6.92 Å². The maximum Gasteiger partial charge on any atom is 0.415 e. The fraction of sp³-hybridized carbons (Fsp3) is 0.500. The lowest BCUT2D eigenvalue weighted by atomic mass is 10.3. The van der Waals surface area contributed by atoms with Gasteiger partial charge in [0.05, 0.1) is 0 Å². The molecule has 1 amide bonds. The van der Waals surface area contributed by atoms with Crippen molar-refractivity contribution in [1.29, 1.82) is 0 Å². The van der Waals surface area contributed by atoms with Crippen molar-refractivity contribution >= 4 is 12.1 Å². The van der Waals surface area contributed by atoms with E-state index < -0.39 is 12.1 Å². The van der Waals surface area contributed by atoms with Crippen LogP contribution < -0.4 is 5.32 Å². The predicted molar refractivity (Wildman–Crippen MR) is 43.2 cm³/mol. The molecule has 0 rings (SSSR count). The van der Waals surface area contributed by atoms with Crippen molar-refractivity contribution in [1.82, 2.24) is 5.32 Å². The van der Waals surface area contributed by atoms with Crippen LogP contribution in [0.1, 0.15) is 19.8 Å². The highest BCUT2D eigenvalue weighted by Gasteiger charge is 2.04. The normalized spacial score (nSPS) is 8.33. The molecular formula is C8H11NO3. The number of nitrogens with one attached hydrogen (secondary N) is 1. The first-order chi connectivity index (χ1) is 5.70. The molecular weight excluding hydrogens is 158 g/mol. The Bertz CT molecular complexity index is 205. The second kappa shape index (κ2) is 6.23. The van der Waals surface area contributed by atoms with E-state index in [0.29, 0.717) is 6.54 Å². The third-order valence-corrected chi connectivity index (χ3v) is 1.10. The number of rotatable bonds is 3. The van der Waals surface area contributed by atoms with Crippen LogP contribution in [-0.4, -0.2) is 18.6 Å². The van der Waals surface area contributed by atoms with Crippen molar-refractivity contribution in [2.75, 3.05) is 6.54 Å². The zero-order valence-electron chi connectivity index (χ0n) is 6.92. The van der Waals surface area contributed by atoms with Crippen molar-refractivity contribution in [3.8, 4) is 12.3 Å². The number of amides is 1. The highest BCUT2D eigenvalue weighted by Crippen LogP contribution is 1.84. The molecule has 4 nitrogen and oxygen atoms in total. The van der Waals surface area contributed by atoms with E-state index in [1.165, 1.54) is 0 Å². The van der Waals surface area contributed by atoms with Crippen LogP contribution in [0.25, 0.3) is 0 Å². The summed E-state index contributed by atoms with van der Waals surface area (Å²) in [6.07, 6.45) is 5.69. The maximum atomic E-state index is 10.6. The van der Waals surface area contributed by atoms with Gasteiger partial charge in [-0.15, -0.1) is 6.42 Å². The van der Waals surface area contributed by atoms with E-state index in [0.717, 1.165) is 12.8 Å². The number of hydrogen-bond donors (Lipinski definition) is 1. The average Bonchev–Trinajstić information content (AvgIpc) is 2.05. The number of unbranched alkanes of at least 4 members (excludes halogenated alkanes) is 1. The summed E-state index contributed by atoms with van der Waals surface area (Å²) in [5.74, 6) is 0.696. The highest BCUT2D eigenvalue weighted by molar-refractivity contribution is 5.95. The average molecular weight is 169 g/mol. The van der Waals surface area contributed by atoms with Gasteiger partial charge >= 0.3 is 12.1 Å². The van der Waals surface area contributed by atoms with Gasteiger partial charge in [-0.05, 0) is 6.42 Å². The summed E-state index contributed by atoms with van der Waals surface area (Å²) < 4.78 is 4.12. The number of terminal acetylenes is 1. The van der Waals surface area contributed by atoms with E-state index in [-0.39, 0.29) is 0 Å². The third-order valence-electron chi connectivity index (χ3n) is 1.10. The number of alkyl carbamates (subject to hydrolysis) is 1. The topological polar surface area (TPSA) is 55.4 Å². The van der Waals surface area contributed by atoms with E-state index in [2.05, 4.69) is 16.5 Å². The first-order valence-electron chi connectivity index (χ1n) is 3.67. The number of hydrogen-bond acceptors (Lipinski definition) is 3. The van der Waals surface area contributed by atoms with Gasteiger partial charge in [0.2, 0.25) is 0 Å². The molecule has 12 heavy (non-hydrogen) atoms. The number of esters is 1. The minimum Gasteiger partial charge on any atom is -0.366 e. The molecule has 0 saturated heterocycles. The van der Waals surface area contributed by atoms with E-state index in [1.54, 1.807) is 5.92 Å². The van der Waals surface area contributed by atoms with E-state index >= 15 is 0 Å². The standard InChI is InChI=1S/C8H11NO3/c1-3-5-6-9-8(11)12-7(10)4-2/h2H,3,5-6H2,1H3,(H,9,11). The van der Waals surface area contributed by atoms with Gasteiger partial charge in [-0.1, -0.05) is 13.3 Å².